The molecule has 0 fully saturated rings. The lowest BCUT2D eigenvalue weighted by atomic mass is 10.0. The fraction of sp³-hybridized carbons (Fsp3) is 0.462. The second kappa shape index (κ2) is 4.85. The number of fused-ring (bicyclic) bond motifs is 1. The maximum Gasteiger partial charge on any atom is 0.305 e. The van der Waals surface area contributed by atoms with E-state index in [0.29, 0.717) is 5.69 Å². The van der Waals surface area contributed by atoms with Crippen LogP contribution in [0.25, 0.3) is 0 Å². The average molecular weight is 283 g/mol. The van der Waals surface area contributed by atoms with Gasteiger partial charge >= 0.3 is 5.97 Å². The number of nitrogens with one attached hydrogen (secondary N) is 1. The van der Waals surface area contributed by atoms with E-state index in [1.54, 1.807) is 12.1 Å². The minimum absolute atomic E-state index is 0.173. The van der Waals surface area contributed by atoms with E-state index in [1.165, 1.54) is 0 Å². The molecule has 0 saturated carbocycles. The van der Waals surface area contributed by atoms with Crippen LogP contribution in [0.1, 0.15) is 31.7 Å². The predicted molar refractivity (Wildman–Crippen MR) is 72.2 cm³/mol. The maximum atomic E-state index is 12.2. The van der Waals surface area contributed by atoms with Crippen LogP contribution in [-0.2, 0) is 14.6 Å². The maximum absolute atomic E-state index is 12.2. The molecule has 0 saturated heterocycles. The van der Waals surface area contributed by atoms with Crippen molar-refractivity contribution in [3.8, 4) is 0 Å². The topological polar surface area (TPSA) is 83.5 Å². The zero-order valence-electron chi connectivity index (χ0n) is 10.9. The first-order chi connectivity index (χ1) is 8.79. The lowest BCUT2D eigenvalue weighted by Crippen LogP contribution is -2.36. The van der Waals surface area contributed by atoms with Crippen LogP contribution < -0.4 is 5.32 Å². The second-order valence-electron chi connectivity index (χ2n) is 5.13. The van der Waals surface area contributed by atoms with Gasteiger partial charge in [-0.25, -0.2) is 8.42 Å². The molecule has 1 aliphatic heterocycles. The fourth-order valence-electron chi connectivity index (χ4n) is 2.21. The van der Waals surface area contributed by atoms with Gasteiger partial charge in [0.25, 0.3) is 0 Å². The lowest BCUT2D eigenvalue weighted by Gasteiger charge is -2.26. The van der Waals surface area contributed by atoms with Crippen LogP contribution in [-0.4, -0.2) is 31.3 Å². The number of benzene rings is 1. The van der Waals surface area contributed by atoms with Gasteiger partial charge in [-0.2, -0.15) is 0 Å². The van der Waals surface area contributed by atoms with E-state index in [2.05, 4.69) is 5.32 Å². The molecule has 2 N–H and O–H groups in total. The van der Waals surface area contributed by atoms with E-state index < -0.39 is 21.8 Å². The summed E-state index contributed by atoms with van der Waals surface area (Å²) in [5, 5.41) is 11.8. The summed E-state index contributed by atoms with van der Waals surface area (Å²) in [7, 11) is -3.42. The summed E-state index contributed by atoms with van der Waals surface area (Å²) in [6.45, 7) is 4.00. The fourth-order valence-corrected chi connectivity index (χ4v) is 3.90. The first kappa shape index (κ1) is 13.9. The van der Waals surface area contributed by atoms with Crippen molar-refractivity contribution in [1.29, 1.82) is 0 Å². The molecule has 1 unspecified atom stereocenters. The van der Waals surface area contributed by atoms with Crippen molar-refractivity contribution in [3.05, 3.63) is 23.8 Å². The van der Waals surface area contributed by atoms with Crippen LogP contribution in [0.3, 0.4) is 0 Å². The molecule has 1 aromatic carbocycles. The summed E-state index contributed by atoms with van der Waals surface area (Å²) in [6.07, 6.45) is -0.204. The van der Waals surface area contributed by atoms with Crippen LogP contribution in [0, 0.1) is 0 Å². The molecule has 0 spiro atoms. The first-order valence-electron chi connectivity index (χ1n) is 6.14. The SMILES string of the molecule is CC(C)c1ccc2c(c1)S(=O)(=O)CC(CC(=O)O)N2. The van der Waals surface area contributed by atoms with E-state index in [4.69, 9.17) is 5.11 Å². The number of aliphatic carboxylic acids is 1. The standard InChI is InChI=1S/C13H17NO4S/c1-8(2)9-3-4-11-12(5-9)19(17,18)7-10(14-11)6-13(15)16/h3-5,8,10,14H,6-7H2,1-2H3,(H,15,16). The highest BCUT2D eigenvalue weighted by Crippen LogP contribution is 2.32. The molecule has 0 amide bonds. The van der Waals surface area contributed by atoms with Crippen LogP contribution in [0.4, 0.5) is 5.69 Å². The minimum Gasteiger partial charge on any atom is -0.481 e. The Morgan fingerprint density at radius 2 is 2.16 bits per heavy atom. The van der Waals surface area contributed by atoms with E-state index in [0.717, 1.165) is 5.56 Å². The van der Waals surface area contributed by atoms with Gasteiger partial charge in [0.05, 0.1) is 28.8 Å². The van der Waals surface area contributed by atoms with Crippen molar-refractivity contribution in [3.63, 3.8) is 0 Å². The van der Waals surface area contributed by atoms with Crippen molar-refractivity contribution in [2.45, 2.75) is 37.1 Å². The number of anilines is 1. The molecular formula is C13H17NO4S. The van der Waals surface area contributed by atoms with Gasteiger partial charge in [0, 0.05) is 0 Å². The molecule has 2 rings (SSSR count). The van der Waals surface area contributed by atoms with Crippen LogP contribution in [0.5, 0.6) is 0 Å². The third kappa shape index (κ3) is 2.89. The van der Waals surface area contributed by atoms with Crippen molar-refractivity contribution >= 4 is 21.5 Å². The van der Waals surface area contributed by atoms with Gasteiger partial charge in [-0.3, -0.25) is 4.79 Å². The highest BCUT2D eigenvalue weighted by Gasteiger charge is 2.31. The molecule has 0 aliphatic carbocycles. The molecule has 6 heteroatoms. The molecule has 1 aromatic rings. The van der Waals surface area contributed by atoms with Crippen molar-refractivity contribution in [2.24, 2.45) is 0 Å². The van der Waals surface area contributed by atoms with E-state index >= 15 is 0 Å². The summed E-state index contributed by atoms with van der Waals surface area (Å²) >= 11 is 0. The van der Waals surface area contributed by atoms with Gasteiger partial charge in [-0.05, 0) is 23.6 Å². The smallest absolute Gasteiger partial charge is 0.305 e. The number of carboxylic acids is 1. The largest absolute Gasteiger partial charge is 0.481 e. The van der Waals surface area contributed by atoms with Gasteiger partial charge < -0.3 is 10.4 Å². The molecule has 0 radical (unpaired) electrons. The Balaban J connectivity index is 2.41. The molecule has 5 nitrogen and oxygen atoms in total. The Morgan fingerprint density at radius 3 is 2.74 bits per heavy atom. The van der Waals surface area contributed by atoms with Gasteiger partial charge in [-0.15, -0.1) is 0 Å². The van der Waals surface area contributed by atoms with Crippen molar-refractivity contribution in [1.82, 2.24) is 0 Å². The summed E-state index contributed by atoms with van der Waals surface area (Å²) in [5.41, 5.74) is 1.46. The normalized spacial score (nSPS) is 20.7. The predicted octanol–water partition coefficient (Wildman–Crippen LogP) is 1.85. The second-order valence-corrected chi connectivity index (χ2v) is 7.13. The third-order valence-electron chi connectivity index (χ3n) is 3.21. The van der Waals surface area contributed by atoms with Gasteiger partial charge in [0.1, 0.15) is 0 Å². The van der Waals surface area contributed by atoms with E-state index in [1.807, 2.05) is 19.9 Å². The molecule has 104 valence electrons. The molecule has 1 heterocycles. The summed E-state index contributed by atoms with van der Waals surface area (Å²) < 4.78 is 24.4. The van der Waals surface area contributed by atoms with Crippen molar-refractivity contribution in [2.75, 3.05) is 11.1 Å². The molecule has 0 bridgehead atoms. The number of carbonyl (C=O) groups is 1. The zero-order valence-corrected chi connectivity index (χ0v) is 11.7. The average Bonchev–Trinajstić information content (AvgIpc) is 2.26. The Bertz CT molecular complexity index is 607. The third-order valence-corrected chi connectivity index (χ3v) is 5.06. The molecule has 1 atom stereocenters. The lowest BCUT2D eigenvalue weighted by molar-refractivity contribution is -0.137. The minimum atomic E-state index is -3.42. The van der Waals surface area contributed by atoms with Gasteiger partial charge in [0.15, 0.2) is 9.84 Å². The number of sulfone groups is 1. The van der Waals surface area contributed by atoms with Crippen LogP contribution in [0.15, 0.2) is 23.1 Å². The highest BCUT2D eigenvalue weighted by atomic mass is 32.2. The molecular weight excluding hydrogens is 266 g/mol. The number of rotatable bonds is 3. The van der Waals surface area contributed by atoms with E-state index in [9.17, 15) is 13.2 Å². The van der Waals surface area contributed by atoms with Crippen LogP contribution >= 0.6 is 0 Å². The molecule has 1 aliphatic rings. The summed E-state index contributed by atoms with van der Waals surface area (Å²) in [6, 6.07) is 4.70. The molecule has 19 heavy (non-hydrogen) atoms. The number of hydrogen-bond donors (Lipinski definition) is 2. The van der Waals surface area contributed by atoms with Crippen LogP contribution in [0.2, 0.25) is 0 Å². The first-order valence-corrected chi connectivity index (χ1v) is 7.80. The van der Waals surface area contributed by atoms with Crippen molar-refractivity contribution < 1.29 is 18.3 Å². The Hall–Kier alpha value is -1.56. The zero-order chi connectivity index (χ0) is 14.2. The monoisotopic (exact) mass is 283 g/mol. The number of carboxylic acid groups (broad SMARTS) is 1. The highest BCUT2D eigenvalue weighted by molar-refractivity contribution is 7.91. The van der Waals surface area contributed by atoms with Gasteiger partial charge in [-0.1, -0.05) is 19.9 Å². The Kier molecular flexibility index (Phi) is 3.54. The Labute approximate surface area is 112 Å². The summed E-state index contributed by atoms with van der Waals surface area (Å²) in [5.74, 6) is -0.930. The van der Waals surface area contributed by atoms with E-state index in [-0.39, 0.29) is 23.0 Å². The Morgan fingerprint density at radius 1 is 1.47 bits per heavy atom. The van der Waals surface area contributed by atoms with Gasteiger partial charge in [0.2, 0.25) is 0 Å². The number of hydrogen-bond acceptors (Lipinski definition) is 4. The quantitative estimate of drug-likeness (QED) is 0.884. The summed E-state index contributed by atoms with van der Waals surface area (Å²) in [4.78, 5) is 11.0. The molecule has 0 aromatic heterocycles.